The molecule has 0 aromatic heterocycles. The van der Waals surface area contributed by atoms with Gasteiger partial charge in [-0.2, -0.15) is 0 Å². The maximum atomic E-state index is 13.5. The Morgan fingerprint density at radius 1 is 1.00 bits per heavy atom. The van der Waals surface area contributed by atoms with E-state index < -0.39 is 11.6 Å². The van der Waals surface area contributed by atoms with E-state index in [-0.39, 0.29) is 0 Å². The molecule has 0 bridgehead atoms. The van der Waals surface area contributed by atoms with Gasteiger partial charge in [0.05, 0.1) is 0 Å². The maximum Gasteiger partial charge on any atom is 0.160 e. The summed E-state index contributed by atoms with van der Waals surface area (Å²) in [6.07, 6.45) is 0. The molecule has 1 aliphatic rings. The van der Waals surface area contributed by atoms with Crippen molar-refractivity contribution < 1.29 is 8.78 Å². The average molecular weight is 353 g/mol. The van der Waals surface area contributed by atoms with Crippen molar-refractivity contribution in [3.8, 4) is 0 Å². The maximum absolute atomic E-state index is 13.5. The van der Waals surface area contributed by atoms with Crippen LogP contribution in [-0.2, 0) is 6.54 Å². The van der Waals surface area contributed by atoms with Crippen LogP contribution in [0, 0.1) is 11.6 Å². The summed E-state index contributed by atoms with van der Waals surface area (Å²) in [6, 6.07) is 10.1. The number of nitrogens with zero attached hydrogens (tertiary/aromatic N) is 2. The van der Waals surface area contributed by atoms with E-state index in [1.54, 1.807) is 6.07 Å². The number of anilines is 2. The predicted molar refractivity (Wildman–Crippen MR) is 83.8 cm³/mol. The minimum Gasteiger partial charge on any atom is -0.340 e. The van der Waals surface area contributed by atoms with Crippen LogP contribution in [0.25, 0.3) is 0 Å². The zero-order valence-electron chi connectivity index (χ0n) is 11.6. The Morgan fingerprint density at radius 2 is 1.81 bits per heavy atom. The number of halogens is 3. The third-order valence-electron chi connectivity index (χ3n) is 3.69. The summed E-state index contributed by atoms with van der Waals surface area (Å²) >= 11 is 3.49. The standard InChI is InChI=1S/C16H15BrF2N2/c1-20-6-7-21(13-3-4-14(18)15(19)9-13)16-5-2-12(17)8-11(16)10-20/h2-5,8-9H,6-7,10H2,1H3. The number of hydrogen-bond donors (Lipinski definition) is 0. The lowest BCUT2D eigenvalue weighted by atomic mass is 10.1. The lowest BCUT2D eigenvalue weighted by Crippen LogP contribution is -2.26. The van der Waals surface area contributed by atoms with E-state index in [0.717, 1.165) is 35.4 Å². The van der Waals surface area contributed by atoms with Gasteiger partial charge in [0.1, 0.15) is 0 Å². The predicted octanol–water partition coefficient (Wildman–Crippen LogP) is 4.31. The molecule has 21 heavy (non-hydrogen) atoms. The molecule has 0 radical (unpaired) electrons. The lowest BCUT2D eigenvalue weighted by Gasteiger charge is -2.25. The molecule has 2 aromatic carbocycles. The molecule has 0 spiro atoms. The van der Waals surface area contributed by atoms with Crippen molar-refractivity contribution in [1.29, 1.82) is 0 Å². The van der Waals surface area contributed by atoms with Gasteiger partial charge in [-0.05, 0) is 42.9 Å². The summed E-state index contributed by atoms with van der Waals surface area (Å²) in [4.78, 5) is 4.25. The Bertz CT molecular complexity index is 675. The van der Waals surface area contributed by atoms with Crippen LogP contribution in [0.15, 0.2) is 40.9 Å². The summed E-state index contributed by atoms with van der Waals surface area (Å²) in [5.41, 5.74) is 2.87. The Labute approximate surface area is 131 Å². The minimum atomic E-state index is -0.818. The first-order valence-electron chi connectivity index (χ1n) is 6.74. The normalized spacial score (nSPS) is 15.7. The van der Waals surface area contributed by atoms with Crippen LogP contribution < -0.4 is 4.90 Å². The molecule has 0 atom stereocenters. The van der Waals surface area contributed by atoms with Crippen molar-refractivity contribution in [2.24, 2.45) is 0 Å². The molecule has 1 aliphatic heterocycles. The summed E-state index contributed by atoms with van der Waals surface area (Å²) in [6.45, 7) is 2.41. The van der Waals surface area contributed by atoms with Gasteiger partial charge >= 0.3 is 0 Å². The zero-order chi connectivity index (χ0) is 15.0. The van der Waals surface area contributed by atoms with Crippen molar-refractivity contribution in [2.75, 3.05) is 25.0 Å². The quantitative estimate of drug-likeness (QED) is 0.754. The third kappa shape index (κ3) is 2.94. The molecule has 0 amide bonds. The summed E-state index contributed by atoms with van der Waals surface area (Å²) in [5.74, 6) is -1.63. The molecule has 3 rings (SSSR count). The fraction of sp³-hybridized carbons (Fsp3) is 0.250. The molecule has 2 aromatic rings. The molecule has 5 heteroatoms. The second-order valence-electron chi connectivity index (χ2n) is 5.26. The number of benzene rings is 2. The molecule has 0 fully saturated rings. The van der Waals surface area contributed by atoms with Crippen LogP contribution in [0.4, 0.5) is 20.2 Å². The number of hydrogen-bond acceptors (Lipinski definition) is 2. The molecule has 0 unspecified atom stereocenters. The number of fused-ring (bicyclic) bond motifs is 1. The first kappa shape index (κ1) is 14.5. The molecule has 0 aliphatic carbocycles. The molecule has 0 N–H and O–H groups in total. The average Bonchev–Trinajstić information content (AvgIpc) is 2.60. The van der Waals surface area contributed by atoms with Gasteiger partial charge in [-0.1, -0.05) is 15.9 Å². The minimum absolute atomic E-state index is 0.674. The molecule has 0 saturated carbocycles. The molecular weight excluding hydrogens is 338 g/mol. The van der Waals surface area contributed by atoms with E-state index in [1.807, 2.05) is 17.0 Å². The van der Waals surface area contributed by atoms with Crippen LogP contribution in [0.3, 0.4) is 0 Å². The molecule has 110 valence electrons. The Morgan fingerprint density at radius 3 is 2.57 bits per heavy atom. The van der Waals surface area contributed by atoms with E-state index in [0.29, 0.717) is 5.69 Å². The molecule has 2 nitrogen and oxygen atoms in total. The molecule has 1 heterocycles. The van der Waals surface area contributed by atoms with E-state index in [9.17, 15) is 8.78 Å². The van der Waals surface area contributed by atoms with Gasteiger partial charge in [-0.3, -0.25) is 0 Å². The molecule has 0 saturated heterocycles. The van der Waals surface area contributed by atoms with Crippen molar-refractivity contribution in [1.82, 2.24) is 4.90 Å². The van der Waals surface area contributed by atoms with Crippen LogP contribution in [0.5, 0.6) is 0 Å². The summed E-state index contributed by atoms with van der Waals surface area (Å²) in [7, 11) is 2.05. The van der Waals surface area contributed by atoms with Crippen LogP contribution >= 0.6 is 15.9 Å². The van der Waals surface area contributed by atoms with E-state index >= 15 is 0 Å². The highest BCUT2D eigenvalue weighted by molar-refractivity contribution is 9.10. The van der Waals surface area contributed by atoms with E-state index in [1.165, 1.54) is 12.1 Å². The van der Waals surface area contributed by atoms with Gasteiger partial charge < -0.3 is 9.80 Å². The van der Waals surface area contributed by atoms with Crippen LogP contribution in [0.1, 0.15) is 5.56 Å². The van der Waals surface area contributed by atoms with Gasteiger partial charge in [-0.15, -0.1) is 0 Å². The van der Waals surface area contributed by atoms with E-state index in [4.69, 9.17) is 0 Å². The zero-order valence-corrected chi connectivity index (χ0v) is 13.2. The van der Waals surface area contributed by atoms with Crippen molar-refractivity contribution in [3.63, 3.8) is 0 Å². The Balaban J connectivity index is 2.08. The highest BCUT2D eigenvalue weighted by Crippen LogP contribution is 2.33. The van der Waals surface area contributed by atoms with Gasteiger partial charge in [0.15, 0.2) is 11.6 Å². The first-order valence-corrected chi connectivity index (χ1v) is 7.53. The fourth-order valence-electron chi connectivity index (χ4n) is 2.63. The van der Waals surface area contributed by atoms with Gasteiger partial charge in [0.25, 0.3) is 0 Å². The second kappa shape index (κ2) is 5.73. The second-order valence-corrected chi connectivity index (χ2v) is 6.18. The molecular formula is C16H15BrF2N2. The highest BCUT2D eigenvalue weighted by atomic mass is 79.9. The van der Waals surface area contributed by atoms with Crippen molar-refractivity contribution in [3.05, 3.63) is 58.1 Å². The lowest BCUT2D eigenvalue weighted by molar-refractivity contribution is 0.343. The van der Waals surface area contributed by atoms with Crippen LogP contribution in [-0.4, -0.2) is 25.0 Å². The third-order valence-corrected chi connectivity index (χ3v) is 4.19. The largest absolute Gasteiger partial charge is 0.340 e. The summed E-state index contributed by atoms with van der Waals surface area (Å²) < 4.78 is 27.7. The van der Waals surface area contributed by atoms with Gasteiger partial charge in [-0.25, -0.2) is 8.78 Å². The number of rotatable bonds is 1. The highest BCUT2D eigenvalue weighted by Gasteiger charge is 2.20. The van der Waals surface area contributed by atoms with Gasteiger partial charge in [0, 0.05) is 41.5 Å². The first-order chi connectivity index (χ1) is 10.0. The SMILES string of the molecule is CN1CCN(c2ccc(F)c(F)c2)c2ccc(Br)cc2C1. The van der Waals surface area contributed by atoms with E-state index in [2.05, 4.69) is 33.9 Å². The van der Waals surface area contributed by atoms with Crippen LogP contribution in [0.2, 0.25) is 0 Å². The Kier molecular flexibility index (Phi) is 3.95. The Hall–Kier alpha value is -1.46. The smallest absolute Gasteiger partial charge is 0.160 e. The van der Waals surface area contributed by atoms with Crippen molar-refractivity contribution in [2.45, 2.75) is 6.54 Å². The van der Waals surface area contributed by atoms with Gasteiger partial charge in [0.2, 0.25) is 0 Å². The fourth-order valence-corrected chi connectivity index (χ4v) is 3.03. The van der Waals surface area contributed by atoms with Crippen molar-refractivity contribution >= 4 is 27.3 Å². The summed E-state index contributed by atoms with van der Waals surface area (Å²) in [5, 5.41) is 0. The number of likely N-dealkylation sites (N-methyl/N-ethyl adjacent to an activating group) is 1. The topological polar surface area (TPSA) is 6.48 Å². The monoisotopic (exact) mass is 352 g/mol.